The van der Waals surface area contributed by atoms with Gasteiger partial charge in [0.2, 0.25) is 10.0 Å². The third kappa shape index (κ3) is 2.90. The van der Waals surface area contributed by atoms with Crippen molar-refractivity contribution >= 4 is 32.5 Å². The molecule has 0 atom stereocenters. The minimum atomic E-state index is -3.29. The van der Waals surface area contributed by atoms with E-state index in [1.165, 1.54) is 10.6 Å². The summed E-state index contributed by atoms with van der Waals surface area (Å²) in [6, 6.07) is 7.48. The van der Waals surface area contributed by atoms with Crippen LogP contribution in [-0.2, 0) is 23.0 Å². The summed E-state index contributed by atoms with van der Waals surface area (Å²) in [6.07, 6.45) is 4.86. The molecule has 0 amide bonds. The van der Waals surface area contributed by atoms with Crippen molar-refractivity contribution in [3.05, 3.63) is 59.0 Å². The van der Waals surface area contributed by atoms with Crippen LogP contribution in [0.1, 0.15) is 27.2 Å². The van der Waals surface area contributed by atoms with E-state index in [-0.39, 0.29) is 12.5 Å². The SMILES string of the molecule is Cc1cc2cccc(N)c2n1C(=O)c1cncc2c1CCN(S(C)(=O)=O)C2. The van der Waals surface area contributed by atoms with E-state index < -0.39 is 10.0 Å². The van der Waals surface area contributed by atoms with Gasteiger partial charge in [0.05, 0.1) is 23.0 Å². The van der Waals surface area contributed by atoms with Gasteiger partial charge >= 0.3 is 0 Å². The Balaban J connectivity index is 1.83. The lowest BCUT2D eigenvalue weighted by Crippen LogP contribution is -2.36. The van der Waals surface area contributed by atoms with E-state index in [1.54, 1.807) is 23.0 Å². The summed E-state index contributed by atoms with van der Waals surface area (Å²) in [5.74, 6) is -0.197. The van der Waals surface area contributed by atoms with Crippen LogP contribution in [0.4, 0.5) is 5.69 Å². The van der Waals surface area contributed by atoms with E-state index in [4.69, 9.17) is 5.73 Å². The number of carbonyl (C=O) groups excluding carboxylic acids is 1. The smallest absolute Gasteiger partial charge is 0.264 e. The summed E-state index contributed by atoms with van der Waals surface area (Å²) in [6.45, 7) is 2.45. The first-order chi connectivity index (χ1) is 12.8. The number of sulfonamides is 1. The van der Waals surface area contributed by atoms with Crippen LogP contribution in [0.25, 0.3) is 10.9 Å². The molecule has 2 N–H and O–H groups in total. The van der Waals surface area contributed by atoms with Gasteiger partial charge in [-0.3, -0.25) is 14.3 Å². The summed E-state index contributed by atoms with van der Waals surface area (Å²) in [4.78, 5) is 17.6. The van der Waals surface area contributed by atoms with Gasteiger partial charge in [-0.2, -0.15) is 4.31 Å². The highest BCUT2D eigenvalue weighted by atomic mass is 32.2. The number of rotatable bonds is 2. The molecule has 3 heterocycles. The Bertz CT molecular complexity index is 1180. The molecule has 1 aliphatic heterocycles. The molecule has 140 valence electrons. The zero-order chi connectivity index (χ0) is 19.3. The fourth-order valence-corrected chi connectivity index (χ4v) is 4.53. The maximum absolute atomic E-state index is 13.4. The van der Waals surface area contributed by atoms with Crippen molar-refractivity contribution in [1.82, 2.24) is 13.9 Å². The molecule has 0 spiro atoms. The molecule has 27 heavy (non-hydrogen) atoms. The second-order valence-corrected chi connectivity index (χ2v) is 8.87. The van der Waals surface area contributed by atoms with Gasteiger partial charge in [-0.1, -0.05) is 12.1 Å². The monoisotopic (exact) mass is 384 g/mol. The van der Waals surface area contributed by atoms with E-state index in [2.05, 4.69) is 4.98 Å². The molecule has 0 saturated heterocycles. The number of aromatic nitrogens is 2. The molecule has 0 fully saturated rings. The molecule has 0 radical (unpaired) electrons. The number of hydrogen-bond donors (Lipinski definition) is 1. The molecule has 1 aliphatic rings. The molecule has 3 aromatic rings. The Labute approximate surface area is 157 Å². The van der Waals surface area contributed by atoms with Crippen molar-refractivity contribution in [3.63, 3.8) is 0 Å². The molecule has 0 saturated carbocycles. The van der Waals surface area contributed by atoms with Gasteiger partial charge in [-0.05, 0) is 36.6 Å². The fraction of sp³-hybridized carbons (Fsp3) is 0.263. The van der Waals surface area contributed by atoms with Crippen LogP contribution in [-0.4, -0.2) is 41.0 Å². The molecule has 4 rings (SSSR count). The van der Waals surface area contributed by atoms with Crippen LogP contribution in [0.2, 0.25) is 0 Å². The summed E-state index contributed by atoms with van der Waals surface area (Å²) in [5, 5.41) is 0.904. The quantitative estimate of drug-likeness (QED) is 0.681. The number of nitrogens with two attached hydrogens (primary N) is 1. The van der Waals surface area contributed by atoms with E-state index in [1.807, 2.05) is 25.1 Å². The zero-order valence-electron chi connectivity index (χ0n) is 15.1. The Morgan fingerprint density at radius 3 is 2.78 bits per heavy atom. The Morgan fingerprint density at radius 1 is 1.26 bits per heavy atom. The summed E-state index contributed by atoms with van der Waals surface area (Å²) in [5.41, 5.74) is 10.2. The number of benzene rings is 1. The third-order valence-electron chi connectivity index (χ3n) is 5.05. The van der Waals surface area contributed by atoms with E-state index in [9.17, 15) is 13.2 Å². The molecule has 0 unspecified atom stereocenters. The number of nitrogen functional groups attached to an aromatic ring is 1. The number of carbonyl (C=O) groups is 1. The number of nitrogens with zero attached hydrogens (tertiary/aromatic N) is 3. The second-order valence-electron chi connectivity index (χ2n) is 6.88. The molecule has 0 aliphatic carbocycles. The van der Waals surface area contributed by atoms with Crippen molar-refractivity contribution in [2.45, 2.75) is 19.9 Å². The maximum Gasteiger partial charge on any atom is 0.264 e. The summed E-state index contributed by atoms with van der Waals surface area (Å²) >= 11 is 0. The lowest BCUT2D eigenvalue weighted by Gasteiger charge is -2.27. The molecule has 1 aromatic carbocycles. The molecular formula is C19H20N4O3S. The van der Waals surface area contributed by atoms with Crippen LogP contribution in [0, 0.1) is 6.92 Å². The van der Waals surface area contributed by atoms with E-state index >= 15 is 0 Å². The summed E-state index contributed by atoms with van der Waals surface area (Å²) in [7, 11) is -3.29. The van der Waals surface area contributed by atoms with Crippen molar-refractivity contribution in [2.75, 3.05) is 18.5 Å². The van der Waals surface area contributed by atoms with Gasteiger partial charge in [0, 0.05) is 36.6 Å². The molecule has 7 nitrogen and oxygen atoms in total. The molecule has 2 aromatic heterocycles. The predicted octanol–water partition coefficient (Wildman–Crippen LogP) is 1.93. The first-order valence-electron chi connectivity index (χ1n) is 8.59. The van der Waals surface area contributed by atoms with Crippen LogP contribution < -0.4 is 5.73 Å². The highest BCUT2D eigenvalue weighted by Gasteiger charge is 2.28. The normalized spacial score (nSPS) is 15.0. The van der Waals surface area contributed by atoms with Crippen molar-refractivity contribution in [3.8, 4) is 0 Å². The first-order valence-corrected chi connectivity index (χ1v) is 10.4. The first kappa shape index (κ1) is 17.7. The Morgan fingerprint density at radius 2 is 2.04 bits per heavy atom. The van der Waals surface area contributed by atoms with Crippen LogP contribution >= 0.6 is 0 Å². The zero-order valence-corrected chi connectivity index (χ0v) is 16.0. The van der Waals surface area contributed by atoms with Gasteiger partial charge in [-0.25, -0.2) is 8.42 Å². The highest BCUT2D eigenvalue weighted by molar-refractivity contribution is 7.88. The topological polar surface area (TPSA) is 98.3 Å². The van der Waals surface area contributed by atoms with Gasteiger partial charge in [0.1, 0.15) is 0 Å². The Kier molecular flexibility index (Phi) is 4.05. The van der Waals surface area contributed by atoms with Crippen molar-refractivity contribution < 1.29 is 13.2 Å². The largest absolute Gasteiger partial charge is 0.397 e. The van der Waals surface area contributed by atoms with Crippen molar-refractivity contribution in [1.29, 1.82) is 0 Å². The summed E-state index contributed by atoms with van der Waals surface area (Å²) < 4.78 is 26.7. The van der Waals surface area contributed by atoms with Crippen LogP contribution in [0.5, 0.6) is 0 Å². The van der Waals surface area contributed by atoms with Gasteiger partial charge in [0.15, 0.2) is 0 Å². The molecule has 8 heteroatoms. The van der Waals surface area contributed by atoms with E-state index in [0.29, 0.717) is 29.7 Å². The fourth-order valence-electron chi connectivity index (χ4n) is 3.74. The maximum atomic E-state index is 13.4. The predicted molar refractivity (Wildman–Crippen MR) is 104 cm³/mol. The van der Waals surface area contributed by atoms with Gasteiger partial charge < -0.3 is 5.73 Å². The number of pyridine rings is 1. The van der Waals surface area contributed by atoms with Crippen molar-refractivity contribution in [2.24, 2.45) is 0 Å². The minimum Gasteiger partial charge on any atom is -0.397 e. The average molecular weight is 384 g/mol. The number of aryl methyl sites for hydroxylation is 1. The number of fused-ring (bicyclic) bond motifs is 2. The standard InChI is InChI=1S/C19H20N4O3S/c1-12-8-13-4-3-5-17(20)18(13)23(12)19(24)16-10-21-9-14-11-22(27(2,25)26)7-6-15(14)16/h3-5,8-10H,6-7,11,20H2,1-2H3. The number of anilines is 1. The van der Waals surface area contributed by atoms with E-state index in [0.717, 1.165) is 22.2 Å². The third-order valence-corrected chi connectivity index (χ3v) is 6.30. The minimum absolute atomic E-state index is 0.197. The second kappa shape index (κ2) is 6.17. The van der Waals surface area contributed by atoms with Crippen LogP contribution in [0.15, 0.2) is 36.7 Å². The molecular weight excluding hydrogens is 364 g/mol. The lowest BCUT2D eigenvalue weighted by molar-refractivity contribution is 0.0961. The number of hydrogen-bond acceptors (Lipinski definition) is 5. The van der Waals surface area contributed by atoms with Crippen LogP contribution in [0.3, 0.4) is 0 Å². The van der Waals surface area contributed by atoms with Gasteiger partial charge in [0.25, 0.3) is 5.91 Å². The Hall–Kier alpha value is -2.71. The highest BCUT2D eigenvalue weighted by Crippen LogP contribution is 2.28. The molecule has 0 bridgehead atoms. The number of para-hydroxylation sites is 1. The average Bonchev–Trinajstić information content (AvgIpc) is 2.96. The van der Waals surface area contributed by atoms with Gasteiger partial charge in [-0.15, -0.1) is 0 Å². The lowest BCUT2D eigenvalue weighted by atomic mass is 9.97.